The minimum atomic E-state index is -0.296. The number of aryl methyl sites for hydroxylation is 1. The van der Waals surface area contributed by atoms with Gasteiger partial charge in [0.2, 0.25) is 11.8 Å². The molecule has 0 aliphatic carbocycles. The second-order valence-corrected chi connectivity index (χ2v) is 4.27. The third kappa shape index (κ3) is 2.98. The molecule has 0 saturated carbocycles. The van der Waals surface area contributed by atoms with Crippen LogP contribution in [0, 0.1) is 6.92 Å². The first-order valence-corrected chi connectivity index (χ1v) is 6.17. The SMILES string of the molecule is CCN(Cc1noc(C)n1)C(=O)C(C)n1ccnc1. The zero-order chi connectivity index (χ0) is 13.8. The van der Waals surface area contributed by atoms with Crippen molar-refractivity contribution >= 4 is 5.91 Å². The van der Waals surface area contributed by atoms with E-state index in [1.54, 1.807) is 35.1 Å². The van der Waals surface area contributed by atoms with Gasteiger partial charge in [-0.15, -0.1) is 0 Å². The summed E-state index contributed by atoms with van der Waals surface area (Å²) in [5, 5.41) is 3.81. The largest absolute Gasteiger partial charge is 0.340 e. The van der Waals surface area contributed by atoms with Gasteiger partial charge in [-0.1, -0.05) is 5.16 Å². The number of aromatic nitrogens is 4. The standard InChI is InChI=1S/C12H17N5O2/c1-4-16(7-11-14-10(3)19-15-11)12(18)9(2)17-6-5-13-8-17/h5-6,8-9H,4,7H2,1-3H3. The molecule has 0 saturated heterocycles. The molecule has 102 valence electrons. The first kappa shape index (κ1) is 13.3. The molecule has 1 amide bonds. The molecule has 0 bridgehead atoms. The van der Waals surface area contributed by atoms with Crippen LogP contribution in [0.25, 0.3) is 0 Å². The number of imidazole rings is 1. The highest BCUT2D eigenvalue weighted by atomic mass is 16.5. The van der Waals surface area contributed by atoms with Crippen molar-refractivity contribution in [2.75, 3.05) is 6.54 Å². The second kappa shape index (κ2) is 5.64. The Labute approximate surface area is 111 Å². The van der Waals surface area contributed by atoms with Gasteiger partial charge in [-0.3, -0.25) is 4.79 Å². The molecule has 0 radical (unpaired) electrons. The minimum Gasteiger partial charge on any atom is -0.340 e. The molecular formula is C12H17N5O2. The van der Waals surface area contributed by atoms with Gasteiger partial charge in [-0.05, 0) is 13.8 Å². The van der Waals surface area contributed by atoms with Crippen LogP contribution in [0.1, 0.15) is 31.6 Å². The summed E-state index contributed by atoms with van der Waals surface area (Å²) in [6, 6.07) is -0.296. The Bertz CT molecular complexity index is 534. The van der Waals surface area contributed by atoms with Crippen LogP contribution in [0.3, 0.4) is 0 Å². The molecule has 1 atom stereocenters. The van der Waals surface area contributed by atoms with Crippen LogP contribution in [0.5, 0.6) is 0 Å². The van der Waals surface area contributed by atoms with Crippen LogP contribution in [0.4, 0.5) is 0 Å². The highest BCUT2D eigenvalue weighted by molar-refractivity contribution is 5.79. The summed E-state index contributed by atoms with van der Waals surface area (Å²) in [6.07, 6.45) is 5.06. The maximum Gasteiger partial charge on any atom is 0.245 e. The molecule has 0 aliphatic rings. The Kier molecular flexibility index (Phi) is 3.94. The lowest BCUT2D eigenvalue weighted by Gasteiger charge is -2.23. The van der Waals surface area contributed by atoms with Crippen molar-refractivity contribution in [2.24, 2.45) is 0 Å². The Balaban J connectivity index is 2.06. The summed E-state index contributed by atoms with van der Waals surface area (Å²) in [7, 11) is 0. The molecule has 0 N–H and O–H groups in total. The quantitative estimate of drug-likeness (QED) is 0.809. The number of nitrogens with zero attached hydrogens (tertiary/aromatic N) is 5. The predicted molar refractivity (Wildman–Crippen MR) is 67.1 cm³/mol. The van der Waals surface area contributed by atoms with Crippen LogP contribution in [0.2, 0.25) is 0 Å². The summed E-state index contributed by atoms with van der Waals surface area (Å²) in [5.74, 6) is 1.02. The fourth-order valence-electron chi connectivity index (χ4n) is 1.81. The summed E-state index contributed by atoms with van der Waals surface area (Å²) >= 11 is 0. The summed E-state index contributed by atoms with van der Waals surface area (Å²) in [5.41, 5.74) is 0. The molecule has 2 aromatic heterocycles. The number of hydrogen-bond donors (Lipinski definition) is 0. The van der Waals surface area contributed by atoms with E-state index in [2.05, 4.69) is 15.1 Å². The van der Waals surface area contributed by atoms with Gasteiger partial charge in [0.15, 0.2) is 5.82 Å². The van der Waals surface area contributed by atoms with E-state index in [0.717, 1.165) is 0 Å². The Morgan fingerprint density at radius 3 is 2.89 bits per heavy atom. The van der Waals surface area contributed by atoms with Gasteiger partial charge in [0, 0.05) is 25.9 Å². The zero-order valence-corrected chi connectivity index (χ0v) is 11.3. The molecule has 0 aliphatic heterocycles. The number of hydrogen-bond acceptors (Lipinski definition) is 5. The monoisotopic (exact) mass is 263 g/mol. The van der Waals surface area contributed by atoms with Gasteiger partial charge < -0.3 is 14.0 Å². The van der Waals surface area contributed by atoms with Crippen LogP contribution in [0.15, 0.2) is 23.2 Å². The van der Waals surface area contributed by atoms with E-state index in [-0.39, 0.29) is 11.9 Å². The van der Waals surface area contributed by atoms with Crippen LogP contribution in [-0.4, -0.2) is 37.0 Å². The first-order valence-electron chi connectivity index (χ1n) is 6.17. The molecule has 2 rings (SSSR count). The third-order valence-electron chi connectivity index (χ3n) is 2.92. The summed E-state index contributed by atoms with van der Waals surface area (Å²) in [4.78, 5) is 22.1. The van der Waals surface area contributed by atoms with E-state index in [4.69, 9.17) is 4.52 Å². The van der Waals surface area contributed by atoms with E-state index in [1.807, 2.05) is 13.8 Å². The number of amides is 1. The highest BCUT2D eigenvalue weighted by Crippen LogP contribution is 2.11. The first-order chi connectivity index (χ1) is 9.11. The zero-order valence-electron chi connectivity index (χ0n) is 11.3. The van der Waals surface area contributed by atoms with E-state index in [1.165, 1.54) is 0 Å². The van der Waals surface area contributed by atoms with Crippen molar-refractivity contribution in [2.45, 2.75) is 33.4 Å². The maximum atomic E-state index is 12.4. The van der Waals surface area contributed by atoms with Crippen LogP contribution in [-0.2, 0) is 11.3 Å². The summed E-state index contributed by atoms with van der Waals surface area (Å²) < 4.78 is 6.68. The van der Waals surface area contributed by atoms with Gasteiger partial charge in [0.05, 0.1) is 12.9 Å². The normalized spacial score (nSPS) is 12.4. The van der Waals surface area contributed by atoms with Gasteiger partial charge >= 0.3 is 0 Å². The predicted octanol–water partition coefficient (Wildman–Crippen LogP) is 1.18. The topological polar surface area (TPSA) is 77.0 Å². The molecule has 2 aromatic rings. The van der Waals surface area contributed by atoms with Gasteiger partial charge in [0.25, 0.3) is 0 Å². The smallest absolute Gasteiger partial charge is 0.245 e. The molecular weight excluding hydrogens is 246 g/mol. The van der Waals surface area contributed by atoms with Crippen LogP contribution >= 0.6 is 0 Å². The summed E-state index contributed by atoms with van der Waals surface area (Å²) in [6.45, 7) is 6.43. The Morgan fingerprint density at radius 2 is 2.37 bits per heavy atom. The van der Waals surface area contributed by atoms with Crippen molar-refractivity contribution in [1.82, 2.24) is 24.6 Å². The van der Waals surface area contributed by atoms with Crippen molar-refractivity contribution < 1.29 is 9.32 Å². The molecule has 0 fully saturated rings. The fraction of sp³-hybridized carbons (Fsp3) is 0.500. The fourth-order valence-corrected chi connectivity index (χ4v) is 1.81. The maximum absolute atomic E-state index is 12.4. The molecule has 7 nitrogen and oxygen atoms in total. The number of likely N-dealkylation sites (N-methyl/N-ethyl adjacent to an activating group) is 1. The average Bonchev–Trinajstić information content (AvgIpc) is 3.05. The molecule has 0 aromatic carbocycles. The molecule has 2 heterocycles. The highest BCUT2D eigenvalue weighted by Gasteiger charge is 2.22. The number of carbonyl (C=O) groups excluding carboxylic acids is 1. The Morgan fingerprint density at radius 1 is 1.58 bits per heavy atom. The second-order valence-electron chi connectivity index (χ2n) is 4.27. The van der Waals surface area contributed by atoms with Crippen molar-refractivity contribution in [3.8, 4) is 0 Å². The Hall–Kier alpha value is -2.18. The van der Waals surface area contributed by atoms with Crippen molar-refractivity contribution in [3.05, 3.63) is 30.4 Å². The molecule has 19 heavy (non-hydrogen) atoms. The van der Waals surface area contributed by atoms with Gasteiger partial charge in [-0.25, -0.2) is 4.98 Å². The van der Waals surface area contributed by atoms with Gasteiger partial charge in [0.1, 0.15) is 6.04 Å². The average molecular weight is 263 g/mol. The molecule has 0 spiro atoms. The lowest BCUT2D eigenvalue weighted by atomic mass is 10.2. The van der Waals surface area contributed by atoms with E-state index in [9.17, 15) is 4.79 Å². The van der Waals surface area contributed by atoms with Crippen molar-refractivity contribution in [1.29, 1.82) is 0 Å². The van der Waals surface area contributed by atoms with Gasteiger partial charge in [-0.2, -0.15) is 4.98 Å². The van der Waals surface area contributed by atoms with E-state index < -0.39 is 0 Å². The van der Waals surface area contributed by atoms with E-state index in [0.29, 0.717) is 24.8 Å². The number of rotatable bonds is 5. The molecule has 7 heteroatoms. The van der Waals surface area contributed by atoms with Crippen molar-refractivity contribution in [3.63, 3.8) is 0 Å². The number of carbonyl (C=O) groups is 1. The van der Waals surface area contributed by atoms with E-state index >= 15 is 0 Å². The van der Waals surface area contributed by atoms with Crippen LogP contribution < -0.4 is 0 Å². The molecule has 1 unspecified atom stereocenters. The minimum absolute atomic E-state index is 0.00273. The third-order valence-corrected chi connectivity index (χ3v) is 2.92. The lowest BCUT2D eigenvalue weighted by molar-refractivity contribution is -0.134. The lowest BCUT2D eigenvalue weighted by Crippen LogP contribution is -2.35.